The third-order valence-electron chi connectivity index (χ3n) is 5.79. The summed E-state index contributed by atoms with van der Waals surface area (Å²) in [5.41, 5.74) is 2.29. The van der Waals surface area contributed by atoms with Gasteiger partial charge in [-0.1, -0.05) is 29.5 Å². The van der Waals surface area contributed by atoms with Gasteiger partial charge in [0.15, 0.2) is 5.13 Å². The van der Waals surface area contributed by atoms with Gasteiger partial charge in [0, 0.05) is 5.56 Å². The number of fused-ring (bicyclic) bond motifs is 1. The molecule has 1 amide bonds. The molecule has 176 valence electrons. The van der Waals surface area contributed by atoms with E-state index >= 15 is 0 Å². The summed E-state index contributed by atoms with van der Waals surface area (Å²) in [6.07, 6.45) is 0. The number of aromatic nitrogens is 1. The summed E-state index contributed by atoms with van der Waals surface area (Å²) in [6.45, 7) is 4.30. The minimum atomic E-state index is -1.04. The van der Waals surface area contributed by atoms with Crippen molar-refractivity contribution in [3.05, 3.63) is 94.8 Å². The molecular weight excluding hydrogens is 467 g/mol. The van der Waals surface area contributed by atoms with E-state index in [0.717, 1.165) is 10.3 Å². The molecule has 2 heterocycles. The molecule has 8 heteroatoms. The van der Waals surface area contributed by atoms with Crippen LogP contribution in [0.3, 0.4) is 0 Å². The number of ether oxygens (including phenoxy) is 1. The maximum atomic E-state index is 14.2. The molecule has 5 rings (SSSR count). The molecule has 1 N–H and O–H groups in total. The molecule has 4 aromatic rings. The van der Waals surface area contributed by atoms with Gasteiger partial charge in [-0.3, -0.25) is 14.5 Å². The fourth-order valence-corrected chi connectivity index (χ4v) is 5.27. The average Bonchev–Trinajstić information content (AvgIpc) is 3.37. The summed E-state index contributed by atoms with van der Waals surface area (Å²) in [4.78, 5) is 32.4. The van der Waals surface area contributed by atoms with Crippen molar-refractivity contribution in [3.63, 3.8) is 0 Å². The predicted molar refractivity (Wildman–Crippen MR) is 133 cm³/mol. The van der Waals surface area contributed by atoms with Crippen LogP contribution in [0.4, 0.5) is 9.52 Å². The van der Waals surface area contributed by atoms with Gasteiger partial charge in [-0.05, 0) is 73.5 Å². The van der Waals surface area contributed by atoms with Crippen molar-refractivity contribution < 1.29 is 23.8 Å². The summed E-state index contributed by atoms with van der Waals surface area (Å²) >= 11 is 1.26. The Kier molecular flexibility index (Phi) is 5.82. The highest BCUT2D eigenvalue weighted by molar-refractivity contribution is 7.22. The van der Waals surface area contributed by atoms with Crippen LogP contribution in [0.15, 0.2) is 72.3 Å². The summed E-state index contributed by atoms with van der Waals surface area (Å²) < 4.78 is 20.5. The number of amides is 1. The number of carbonyl (C=O) groups excluding carboxylic acids is 2. The number of aryl methyl sites for hydroxylation is 1. The summed E-state index contributed by atoms with van der Waals surface area (Å²) in [5, 5.41) is 11.5. The Bertz CT molecular complexity index is 1490. The number of hydrogen-bond donors (Lipinski definition) is 1. The molecule has 0 bridgehead atoms. The molecule has 1 aliphatic rings. The van der Waals surface area contributed by atoms with Crippen LogP contribution in [-0.2, 0) is 9.59 Å². The molecule has 1 atom stereocenters. The van der Waals surface area contributed by atoms with Gasteiger partial charge in [0.2, 0.25) is 0 Å². The fourth-order valence-electron chi connectivity index (χ4n) is 4.18. The van der Waals surface area contributed by atoms with E-state index in [9.17, 15) is 19.1 Å². The lowest BCUT2D eigenvalue weighted by molar-refractivity contribution is -0.132. The Labute approximate surface area is 204 Å². The largest absolute Gasteiger partial charge is 0.507 e. The normalized spacial score (nSPS) is 17.3. The lowest BCUT2D eigenvalue weighted by atomic mass is 9.95. The first-order valence-corrected chi connectivity index (χ1v) is 11.9. The summed E-state index contributed by atoms with van der Waals surface area (Å²) in [6, 6.07) is 16.9. The molecule has 0 radical (unpaired) electrons. The molecule has 3 aromatic carbocycles. The van der Waals surface area contributed by atoms with Gasteiger partial charge < -0.3 is 9.84 Å². The third-order valence-corrected chi connectivity index (χ3v) is 6.80. The Hall–Kier alpha value is -4.04. The first-order valence-electron chi connectivity index (χ1n) is 11.0. The molecule has 35 heavy (non-hydrogen) atoms. The van der Waals surface area contributed by atoms with Crippen molar-refractivity contribution >= 4 is 44.1 Å². The lowest BCUT2D eigenvalue weighted by Crippen LogP contribution is -2.29. The average molecular weight is 489 g/mol. The van der Waals surface area contributed by atoms with Crippen LogP contribution in [0.1, 0.15) is 29.7 Å². The lowest BCUT2D eigenvalue weighted by Gasteiger charge is -2.23. The van der Waals surface area contributed by atoms with Crippen LogP contribution < -0.4 is 9.64 Å². The zero-order valence-corrected chi connectivity index (χ0v) is 19.8. The fraction of sp³-hybridized carbons (Fsp3) is 0.148. The standard InChI is InChI=1S/C27H21FN2O4S/c1-3-34-19-10-8-16(9-11-19)24(31)22-23(17-5-4-6-18(28)14-17)30(26(33)25(22)32)27-29-20-12-7-15(2)13-21(20)35-27/h4-14,23,31H,3H2,1-2H3/b24-22+/t23-/m0/s1. The van der Waals surface area contributed by atoms with Gasteiger partial charge in [-0.15, -0.1) is 0 Å². The van der Waals surface area contributed by atoms with Crippen molar-refractivity contribution in [2.24, 2.45) is 0 Å². The monoisotopic (exact) mass is 488 g/mol. The van der Waals surface area contributed by atoms with Crippen molar-refractivity contribution in [2.75, 3.05) is 11.5 Å². The van der Waals surface area contributed by atoms with Crippen LogP contribution in [0.2, 0.25) is 0 Å². The van der Waals surface area contributed by atoms with Crippen LogP contribution >= 0.6 is 11.3 Å². The first kappa shape index (κ1) is 22.7. The minimum absolute atomic E-state index is 0.125. The molecule has 1 aliphatic heterocycles. The molecule has 1 fully saturated rings. The molecule has 1 aromatic heterocycles. The second-order valence-corrected chi connectivity index (χ2v) is 9.16. The van der Waals surface area contributed by atoms with E-state index in [4.69, 9.17) is 4.74 Å². The predicted octanol–water partition coefficient (Wildman–Crippen LogP) is 5.77. The van der Waals surface area contributed by atoms with Gasteiger partial charge in [-0.2, -0.15) is 0 Å². The number of carbonyl (C=O) groups is 2. The highest BCUT2D eigenvalue weighted by Crippen LogP contribution is 2.44. The van der Waals surface area contributed by atoms with E-state index in [1.54, 1.807) is 30.3 Å². The Morgan fingerprint density at radius 3 is 2.60 bits per heavy atom. The molecule has 6 nitrogen and oxygen atoms in total. The number of halogens is 1. The van der Waals surface area contributed by atoms with Crippen LogP contribution in [0.5, 0.6) is 5.75 Å². The second-order valence-electron chi connectivity index (χ2n) is 8.15. The SMILES string of the molecule is CCOc1ccc(/C(O)=C2\C(=O)C(=O)N(c3nc4ccc(C)cc4s3)[C@H]2c2cccc(F)c2)cc1. The highest BCUT2D eigenvalue weighted by Gasteiger charge is 2.48. The van der Waals surface area contributed by atoms with E-state index in [-0.39, 0.29) is 11.3 Å². The number of aliphatic hydroxyl groups is 1. The molecule has 1 saturated heterocycles. The van der Waals surface area contributed by atoms with Gasteiger partial charge >= 0.3 is 5.91 Å². The van der Waals surface area contributed by atoms with E-state index in [1.165, 1.54) is 34.4 Å². The molecule has 0 unspecified atom stereocenters. The van der Waals surface area contributed by atoms with Crippen molar-refractivity contribution in [2.45, 2.75) is 19.9 Å². The smallest absolute Gasteiger partial charge is 0.301 e. The molecule has 0 spiro atoms. The number of rotatable bonds is 5. The van der Waals surface area contributed by atoms with Crippen molar-refractivity contribution in [1.82, 2.24) is 4.98 Å². The van der Waals surface area contributed by atoms with Gasteiger partial charge in [0.05, 0.1) is 28.4 Å². The maximum Gasteiger partial charge on any atom is 0.301 e. The maximum absolute atomic E-state index is 14.2. The van der Waals surface area contributed by atoms with E-state index in [0.29, 0.717) is 34.1 Å². The van der Waals surface area contributed by atoms with Crippen LogP contribution in [0.25, 0.3) is 16.0 Å². The number of anilines is 1. The van der Waals surface area contributed by atoms with Crippen molar-refractivity contribution in [3.8, 4) is 5.75 Å². The number of Topliss-reactive ketones (excluding diaryl/α,β-unsaturated/α-hetero) is 1. The Balaban J connectivity index is 1.69. The topological polar surface area (TPSA) is 79.7 Å². The number of thiazole rings is 1. The van der Waals surface area contributed by atoms with E-state index < -0.39 is 23.5 Å². The molecule has 0 aliphatic carbocycles. The second kappa shape index (κ2) is 8.96. The van der Waals surface area contributed by atoms with Crippen molar-refractivity contribution in [1.29, 1.82) is 0 Å². The Morgan fingerprint density at radius 2 is 1.89 bits per heavy atom. The number of aliphatic hydroxyl groups excluding tert-OH is 1. The van der Waals surface area contributed by atoms with Crippen LogP contribution in [0, 0.1) is 12.7 Å². The zero-order valence-electron chi connectivity index (χ0n) is 19.0. The quantitative estimate of drug-likeness (QED) is 0.219. The number of benzene rings is 3. The molecule has 0 saturated carbocycles. The number of hydrogen-bond acceptors (Lipinski definition) is 6. The number of nitrogens with zero attached hydrogens (tertiary/aromatic N) is 2. The van der Waals surface area contributed by atoms with E-state index in [2.05, 4.69) is 4.98 Å². The van der Waals surface area contributed by atoms with Gasteiger partial charge in [0.25, 0.3) is 5.78 Å². The van der Waals surface area contributed by atoms with Crippen LogP contribution in [-0.4, -0.2) is 28.4 Å². The highest BCUT2D eigenvalue weighted by atomic mass is 32.1. The number of ketones is 1. The minimum Gasteiger partial charge on any atom is -0.507 e. The summed E-state index contributed by atoms with van der Waals surface area (Å²) in [7, 11) is 0. The van der Waals surface area contributed by atoms with E-state index in [1.807, 2.05) is 32.0 Å². The van der Waals surface area contributed by atoms with Gasteiger partial charge in [0.1, 0.15) is 17.3 Å². The van der Waals surface area contributed by atoms with Gasteiger partial charge in [-0.25, -0.2) is 9.37 Å². The zero-order chi connectivity index (χ0) is 24.7. The summed E-state index contributed by atoms with van der Waals surface area (Å²) in [5.74, 6) is -1.95. The Morgan fingerprint density at radius 1 is 1.11 bits per heavy atom. The third kappa shape index (κ3) is 4.06. The molecular formula is C27H21FN2O4S. The first-order chi connectivity index (χ1) is 16.9.